The van der Waals surface area contributed by atoms with Gasteiger partial charge in [-0.15, -0.1) is 0 Å². The van der Waals surface area contributed by atoms with Crippen molar-refractivity contribution < 1.29 is 29.0 Å². The lowest BCUT2D eigenvalue weighted by molar-refractivity contribution is -0.139. The van der Waals surface area contributed by atoms with E-state index >= 15 is 0 Å². The quantitative estimate of drug-likeness (QED) is 0.499. The number of carbonyl (C=O) groups excluding carboxylic acids is 3. The largest absolute Gasteiger partial charge is 0.479 e. The molecule has 0 spiro atoms. The number of benzene rings is 2. The van der Waals surface area contributed by atoms with Crippen molar-refractivity contribution in [2.45, 2.75) is 13.3 Å². The van der Waals surface area contributed by atoms with Gasteiger partial charge < -0.3 is 9.84 Å². The van der Waals surface area contributed by atoms with Crippen LogP contribution in [0.4, 0.5) is 10.5 Å². The number of barbiturate groups is 1. The predicted molar refractivity (Wildman–Crippen MR) is 114 cm³/mol. The van der Waals surface area contributed by atoms with Crippen LogP contribution in [0.1, 0.15) is 18.1 Å². The average Bonchev–Trinajstić information content (AvgIpc) is 2.70. The molecule has 1 fully saturated rings. The summed E-state index contributed by atoms with van der Waals surface area (Å²) >= 11 is 12.2. The molecule has 1 heterocycles. The van der Waals surface area contributed by atoms with Crippen LogP contribution in [-0.4, -0.2) is 35.5 Å². The van der Waals surface area contributed by atoms with E-state index in [1.54, 1.807) is 24.3 Å². The number of carbonyl (C=O) groups is 4. The number of nitrogens with one attached hydrogen (secondary N) is 1. The first-order chi connectivity index (χ1) is 14.7. The highest BCUT2D eigenvalue weighted by Crippen LogP contribution is 2.35. The lowest BCUT2D eigenvalue weighted by atomic mass is 10.1. The molecule has 4 amide bonds. The number of carboxylic acid groups (broad SMARTS) is 1. The second-order valence-corrected chi connectivity index (χ2v) is 7.29. The van der Waals surface area contributed by atoms with Crippen molar-refractivity contribution in [1.29, 1.82) is 0 Å². The Morgan fingerprint density at radius 3 is 2.29 bits per heavy atom. The highest BCUT2D eigenvalue weighted by atomic mass is 35.5. The molecule has 0 radical (unpaired) electrons. The van der Waals surface area contributed by atoms with Gasteiger partial charge in [0, 0.05) is 0 Å². The van der Waals surface area contributed by atoms with Gasteiger partial charge in [0.15, 0.2) is 12.4 Å². The number of aliphatic carboxylic acids is 1. The first-order valence-corrected chi connectivity index (χ1v) is 9.81. The van der Waals surface area contributed by atoms with Crippen molar-refractivity contribution in [2.24, 2.45) is 0 Å². The normalized spacial score (nSPS) is 15.3. The first-order valence-electron chi connectivity index (χ1n) is 9.05. The molecule has 0 saturated carbocycles. The number of amides is 4. The van der Waals surface area contributed by atoms with Crippen LogP contribution in [-0.2, 0) is 20.8 Å². The minimum absolute atomic E-state index is 0.00708. The van der Waals surface area contributed by atoms with Crippen LogP contribution in [0, 0.1) is 0 Å². The summed E-state index contributed by atoms with van der Waals surface area (Å²) in [7, 11) is 0. The molecule has 0 unspecified atom stereocenters. The number of hydrogen-bond donors (Lipinski definition) is 2. The van der Waals surface area contributed by atoms with E-state index in [1.165, 1.54) is 18.2 Å². The molecular formula is C21H16Cl2N2O6. The number of aryl methyl sites for hydroxylation is 1. The first kappa shape index (κ1) is 22.3. The number of anilines is 1. The Labute approximate surface area is 187 Å². The molecule has 160 valence electrons. The van der Waals surface area contributed by atoms with Gasteiger partial charge in [-0.3, -0.25) is 14.9 Å². The zero-order valence-corrected chi connectivity index (χ0v) is 17.7. The van der Waals surface area contributed by atoms with Gasteiger partial charge in [-0.2, -0.15) is 0 Å². The summed E-state index contributed by atoms with van der Waals surface area (Å²) in [6.07, 6.45) is 2.02. The van der Waals surface area contributed by atoms with Crippen LogP contribution in [0.3, 0.4) is 0 Å². The molecule has 1 aliphatic rings. The minimum Gasteiger partial charge on any atom is -0.479 e. The molecule has 8 nitrogen and oxygen atoms in total. The molecule has 2 aromatic rings. The maximum Gasteiger partial charge on any atom is 0.341 e. The fourth-order valence-corrected chi connectivity index (χ4v) is 3.49. The van der Waals surface area contributed by atoms with Crippen LogP contribution < -0.4 is 15.0 Å². The van der Waals surface area contributed by atoms with Crippen molar-refractivity contribution in [3.05, 3.63) is 63.1 Å². The molecule has 1 saturated heterocycles. The lowest BCUT2D eigenvalue weighted by Gasteiger charge is -2.26. The third kappa shape index (κ3) is 4.87. The molecule has 2 aromatic carbocycles. The maximum absolute atomic E-state index is 12.9. The van der Waals surface area contributed by atoms with Crippen molar-refractivity contribution in [3.8, 4) is 5.75 Å². The number of rotatable bonds is 6. The van der Waals surface area contributed by atoms with Gasteiger partial charge in [-0.25, -0.2) is 14.5 Å². The van der Waals surface area contributed by atoms with Gasteiger partial charge >= 0.3 is 12.0 Å². The molecule has 10 heteroatoms. The van der Waals surface area contributed by atoms with Gasteiger partial charge in [-0.1, -0.05) is 42.3 Å². The Morgan fingerprint density at radius 2 is 1.74 bits per heavy atom. The third-order valence-corrected chi connectivity index (χ3v) is 4.94. The summed E-state index contributed by atoms with van der Waals surface area (Å²) in [5.74, 6) is -2.93. The minimum atomic E-state index is -1.21. The summed E-state index contributed by atoms with van der Waals surface area (Å²) in [5, 5.41) is 10.8. The molecule has 3 rings (SSSR count). The third-order valence-electron chi connectivity index (χ3n) is 4.38. The van der Waals surface area contributed by atoms with Crippen molar-refractivity contribution in [3.63, 3.8) is 0 Å². The summed E-state index contributed by atoms with van der Waals surface area (Å²) in [6.45, 7) is 1.33. The molecule has 2 N–H and O–H groups in total. The van der Waals surface area contributed by atoms with Crippen LogP contribution in [0.15, 0.2) is 42.0 Å². The van der Waals surface area contributed by atoms with E-state index < -0.39 is 30.4 Å². The summed E-state index contributed by atoms with van der Waals surface area (Å²) in [6, 6.07) is 8.66. The molecule has 0 aliphatic carbocycles. The molecule has 31 heavy (non-hydrogen) atoms. The highest BCUT2D eigenvalue weighted by molar-refractivity contribution is 6.40. The Kier molecular flexibility index (Phi) is 6.62. The second kappa shape index (κ2) is 9.20. The molecule has 0 bridgehead atoms. The van der Waals surface area contributed by atoms with E-state index in [9.17, 15) is 19.2 Å². The Balaban J connectivity index is 1.95. The topological polar surface area (TPSA) is 113 Å². The highest BCUT2D eigenvalue weighted by Gasteiger charge is 2.36. The van der Waals surface area contributed by atoms with Crippen LogP contribution in [0.25, 0.3) is 6.08 Å². The second-order valence-electron chi connectivity index (χ2n) is 6.47. The van der Waals surface area contributed by atoms with Crippen molar-refractivity contribution in [2.75, 3.05) is 11.5 Å². The SMILES string of the molecule is CCc1ccc(N2C(=O)NC(=O)C(=Cc3cc(Cl)c(OCC(=O)O)c(Cl)c3)C2=O)cc1. The number of carboxylic acids is 1. The molecule has 0 aromatic heterocycles. The van der Waals surface area contributed by atoms with E-state index in [-0.39, 0.29) is 26.9 Å². The molecule has 1 aliphatic heterocycles. The van der Waals surface area contributed by atoms with Gasteiger partial charge in [0.2, 0.25) is 0 Å². The van der Waals surface area contributed by atoms with Gasteiger partial charge in [-0.05, 0) is 47.9 Å². The van der Waals surface area contributed by atoms with Crippen LogP contribution in [0.5, 0.6) is 5.75 Å². The summed E-state index contributed by atoms with van der Waals surface area (Å²) in [5.41, 5.74) is 1.32. The number of halogens is 2. The smallest absolute Gasteiger partial charge is 0.341 e. The summed E-state index contributed by atoms with van der Waals surface area (Å²) in [4.78, 5) is 49.1. The summed E-state index contributed by atoms with van der Waals surface area (Å²) < 4.78 is 5.04. The lowest BCUT2D eigenvalue weighted by Crippen LogP contribution is -2.54. The molecular weight excluding hydrogens is 447 g/mol. The fourth-order valence-electron chi connectivity index (χ4n) is 2.87. The van der Waals surface area contributed by atoms with Crippen LogP contribution in [0.2, 0.25) is 10.0 Å². The number of ether oxygens (including phenoxy) is 1. The van der Waals surface area contributed by atoms with E-state index in [2.05, 4.69) is 5.32 Å². The van der Waals surface area contributed by atoms with Gasteiger partial charge in [0.05, 0.1) is 15.7 Å². The fraction of sp³-hybridized carbons (Fsp3) is 0.143. The number of nitrogens with zero attached hydrogens (tertiary/aromatic N) is 1. The Morgan fingerprint density at radius 1 is 1.13 bits per heavy atom. The van der Waals surface area contributed by atoms with E-state index in [0.717, 1.165) is 16.9 Å². The number of urea groups is 1. The standard InChI is InChI=1S/C21H16Cl2N2O6/c1-2-11-3-5-13(6-4-11)25-20(29)14(19(28)24-21(25)30)7-12-8-15(22)18(16(23)9-12)31-10-17(26)27/h3-9H,2,10H2,1H3,(H,26,27)(H,24,28,30). The van der Waals surface area contributed by atoms with Crippen LogP contribution >= 0.6 is 23.2 Å². The Bertz CT molecular complexity index is 1090. The zero-order valence-electron chi connectivity index (χ0n) is 16.1. The van der Waals surface area contributed by atoms with E-state index in [0.29, 0.717) is 5.69 Å². The number of hydrogen-bond acceptors (Lipinski definition) is 5. The van der Waals surface area contributed by atoms with Crippen molar-refractivity contribution in [1.82, 2.24) is 5.32 Å². The predicted octanol–water partition coefficient (Wildman–Crippen LogP) is 3.69. The monoisotopic (exact) mass is 462 g/mol. The Hall–Kier alpha value is -3.36. The van der Waals surface area contributed by atoms with Crippen molar-refractivity contribution >= 4 is 58.8 Å². The van der Waals surface area contributed by atoms with Gasteiger partial charge in [0.25, 0.3) is 11.8 Å². The zero-order chi connectivity index (χ0) is 22.7. The number of imide groups is 2. The van der Waals surface area contributed by atoms with Gasteiger partial charge in [0.1, 0.15) is 5.57 Å². The maximum atomic E-state index is 12.9. The molecule has 0 atom stereocenters. The van der Waals surface area contributed by atoms with E-state index in [4.69, 9.17) is 33.0 Å². The average molecular weight is 463 g/mol. The van der Waals surface area contributed by atoms with E-state index in [1.807, 2.05) is 6.92 Å².